The molecule has 24 heavy (non-hydrogen) atoms. The molecule has 0 fully saturated rings. The van der Waals surface area contributed by atoms with Gasteiger partial charge in [-0.1, -0.05) is 12.1 Å². The van der Waals surface area contributed by atoms with Gasteiger partial charge in [0.05, 0.1) is 24.7 Å². The fourth-order valence-corrected chi connectivity index (χ4v) is 2.17. The number of nitrogens with one attached hydrogen (secondary N) is 1. The Bertz CT molecular complexity index is 751. The lowest BCUT2D eigenvalue weighted by Crippen LogP contribution is -2.14. The largest absolute Gasteiger partial charge is 0.489 e. The molecule has 0 unspecified atom stereocenters. The van der Waals surface area contributed by atoms with E-state index in [2.05, 4.69) is 11.4 Å². The Morgan fingerprint density at radius 1 is 1.25 bits per heavy atom. The van der Waals surface area contributed by atoms with Crippen LogP contribution in [0.1, 0.15) is 23.1 Å². The van der Waals surface area contributed by atoms with Gasteiger partial charge in [-0.2, -0.15) is 5.26 Å². The number of benzene rings is 2. The summed E-state index contributed by atoms with van der Waals surface area (Å²) in [6, 6.07) is 14.9. The zero-order valence-corrected chi connectivity index (χ0v) is 13.8. The van der Waals surface area contributed by atoms with Crippen molar-refractivity contribution in [3.8, 4) is 11.8 Å². The maximum absolute atomic E-state index is 11.7. The number of carbonyl (C=O) groups excluding carboxylic acids is 1. The minimum atomic E-state index is -0.0815. The van der Waals surface area contributed by atoms with Crippen molar-refractivity contribution < 1.29 is 14.3 Å². The van der Waals surface area contributed by atoms with Gasteiger partial charge in [-0.3, -0.25) is 4.79 Å². The van der Waals surface area contributed by atoms with Gasteiger partial charge in [0.15, 0.2) is 0 Å². The van der Waals surface area contributed by atoms with Crippen molar-refractivity contribution >= 4 is 11.6 Å². The first-order chi connectivity index (χ1) is 11.6. The predicted octanol–water partition coefficient (Wildman–Crippen LogP) is 3.42. The standard InChI is InChI=1S/C19H20N2O3/c1-14-10-17(6-7-18(14)21-19(22)8-9-23-2)24-13-16-5-3-4-15(11-16)12-20/h3-7,10-11H,8-9,13H2,1-2H3,(H,21,22). The quantitative estimate of drug-likeness (QED) is 0.847. The maximum Gasteiger partial charge on any atom is 0.226 e. The molecule has 0 aliphatic rings. The van der Waals surface area contributed by atoms with Crippen LogP contribution in [0.25, 0.3) is 0 Å². The van der Waals surface area contributed by atoms with Gasteiger partial charge in [-0.25, -0.2) is 0 Å². The van der Waals surface area contributed by atoms with Gasteiger partial charge in [-0.05, 0) is 48.4 Å². The molecule has 0 spiro atoms. The number of nitriles is 1. The fraction of sp³-hybridized carbons (Fsp3) is 0.263. The average Bonchev–Trinajstić information content (AvgIpc) is 2.60. The number of anilines is 1. The molecular weight excluding hydrogens is 304 g/mol. The molecule has 0 aromatic heterocycles. The van der Waals surface area contributed by atoms with E-state index in [0.717, 1.165) is 16.8 Å². The summed E-state index contributed by atoms with van der Waals surface area (Å²) in [6.45, 7) is 2.69. The van der Waals surface area contributed by atoms with E-state index in [1.54, 1.807) is 19.2 Å². The Morgan fingerprint density at radius 2 is 2.08 bits per heavy atom. The van der Waals surface area contributed by atoms with Crippen molar-refractivity contribution in [2.24, 2.45) is 0 Å². The number of aryl methyl sites for hydroxylation is 1. The first kappa shape index (κ1) is 17.5. The number of hydrogen-bond donors (Lipinski definition) is 1. The molecule has 0 saturated carbocycles. The van der Waals surface area contributed by atoms with Crippen LogP contribution in [0.3, 0.4) is 0 Å². The van der Waals surface area contributed by atoms with Gasteiger partial charge in [0, 0.05) is 12.8 Å². The van der Waals surface area contributed by atoms with E-state index < -0.39 is 0 Å². The van der Waals surface area contributed by atoms with E-state index in [1.165, 1.54) is 0 Å². The van der Waals surface area contributed by atoms with Crippen molar-refractivity contribution in [1.82, 2.24) is 0 Å². The van der Waals surface area contributed by atoms with Gasteiger partial charge in [0.2, 0.25) is 5.91 Å². The number of amides is 1. The Hall–Kier alpha value is -2.84. The fourth-order valence-electron chi connectivity index (χ4n) is 2.17. The summed E-state index contributed by atoms with van der Waals surface area (Å²) >= 11 is 0. The summed E-state index contributed by atoms with van der Waals surface area (Å²) in [7, 11) is 1.57. The molecule has 0 atom stereocenters. The van der Waals surface area contributed by atoms with Crippen LogP contribution in [0.5, 0.6) is 5.75 Å². The van der Waals surface area contributed by atoms with Gasteiger partial charge < -0.3 is 14.8 Å². The minimum Gasteiger partial charge on any atom is -0.489 e. The Kier molecular flexibility index (Phi) is 6.35. The second kappa shape index (κ2) is 8.70. The lowest BCUT2D eigenvalue weighted by Gasteiger charge is -2.11. The summed E-state index contributed by atoms with van der Waals surface area (Å²) in [6.07, 6.45) is 0.323. The number of ether oxygens (including phenoxy) is 2. The van der Waals surface area contributed by atoms with Crippen molar-refractivity contribution in [3.05, 3.63) is 59.2 Å². The van der Waals surface area contributed by atoms with Crippen LogP contribution < -0.4 is 10.1 Å². The topological polar surface area (TPSA) is 71.3 Å². The highest BCUT2D eigenvalue weighted by atomic mass is 16.5. The maximum atomic E-state index is 11.7. The zero-order chi connectivity index (χ0) is 17.4. The third-order valence-corrected chi connectivity index (χ3v) is 3.47. The van der Waals surface area contributed by atoms with Crippen molar-refractivity contribution in [3.63, 3.8) is 0 Å². The molecular formula is C19H20N2O3. The van der Waals surface area contributed by atoms with Gasteiger partial charge >= 0.3 is 0 Å². The first-order valence-electron chi connectivity index (χ1n) is 7.63. The second-order valence-electron chi connectivity index (χ2n) is 5.37. The summed E-state index contributed by atoms with van der Waals surface area (Å²) in [5.41, 5.74) is 3.23. The monoisotopic (exact) mass is 324 g/mol. The van der Waals surface area contributed by atoms with E-state index in [-0.39, 0.29) is 5.91 Å². The van der Waals surface area contributed by atoms with Crippen LogP contribution in [-0.2, 0) is 16.1 Å². The predicted molar refractivity (Wildman–Crippen MR) is 91.8 cm³/mol. The minimum absolute atomic E-state index is 0.0815. The molecule has 2 rings (SSSR count). The van der Waals surface area contributed by atoms with Crippen LogP contribution in [-0.4, -0.2) is 19.6 Å². The molecule has 2 aromatic rings. The Morgan fingerprint density at radius 3 is 2.79 bits per heavy atom. The Labute approximate surface area is 141 Å². The van der Waals surface area contributed by atoms with E-state index >= 15 is 0 Å². The molecule has 1 amide bonds. The third kappa shape index (κ3) is 5.11. The third-order valence-electron chi connectivity index (χ3n) is 3.47. The van der Waals surface area contributed by atoms with Crippen LogP contribution in [0, 0.1) is 18.3 Å². The molecule has 1 N–H and O–H groups in total. The van der Waals surface area contributed by atoms with Crippen LogP contribution in [0.2, 0.25) is 0 Å². The SMILES string of the molecule is COCCC(=O)Nc1ccc(OCc2cccc(C#N)c2)cc1C. The normalized spacial score (nSPS) is 10.0. The highest BCUT2D eigenvalue weighted by Gasteiger charge is 2.06. The molecule has 0 saturated heterocycles. The highest BCUT2D eigenvalue weighted by molar-refractivity contribution is 5.91. The van der Waals surface area contributed by atoms with Crippen LogP contribution >= 0.6 is 0 Å². The molecule has 5 heteroatoms. The van der Waals surface area contributed by atoms with Crippen molar-refractivity contribution in [2.75, 3.05) is 19.0 Å². The molecule has 0 aliphatic carbocycles. The van der Waals surface area contributed by atoms with E-state index in [0.29, 0.717) is 30.9 Å². The number of rotatable bonds is 7. The Balaban J connectivity index is 1.96. The number of carbonyl (C=O) groups is 1. The second-order valence-corrected chi connectivity index (χ2v) is 5.37. The van der Waals surface area contributed by atoms with Crippen LogP contribution in [0.4, 0.5) is 5.69 Å². The zero-order valence-electron chi connectivity index (χ0n) is 13.8. The summed E-state index contributed by atoms with van der Waals surface area (Å²) < 4.78 is 10.6. The molecule has 0 bridgehead atoms. The highest BCUT2D eigenvalue weighted by Crippen LogP contribution is 2.22. The molecule has 5 nitrogen and oxygen atoms in total. The molecule has 124 valence electrons. The number of methoxy groups -OCH3 is 1. The van der Waals surface area contributed by atoms with E-state index in [1.807, 2.05) is 37.3 Å². The molecule has 0 radical (unpaired) electrons. The van der Waals surface area contributed by atoms with Gasteiger partial charge in [0.1, 0.15) is 12.4 Å². The molecule has 2 aromatic carbocycles. The van der Waals surface area contributed by atoms with Crippen molar-refractivity contribution in [1.29, 1.82) is 5.26 Å². The summed E-state index contributed by atoms with van der Waals surface area (Å²) in [5, 5.41) is 11.8. The lowest BCUT2D eigenvalue weighted by atomic mass is 10.1. The van der Waals surface area contributed by atoms with E-state index in [4.69, 9.17) is 14.7 Å². The smallest absolute Gasteiger partial charge is 0.226 e. The average molecular weight is 324 g/mol. The van der Waals surface area contributed by atoms with Crippen LogP contribution in [0.15, 0.2) is 42.5 Å². The molecule has 0 heterocycles. The lowest BCUT2D eigenvalue weighted by molar-refractivity contribution is -0.117. The molecule has 0 aliphatic heterocycles. The van der Waals surface area contributed by atoms with Gasteiger partial charge in [-0.15, -0.1) is 0 Å². The summed E-state index contributed by atoms with van der Waals surface area (Å²) in [4.78, 5) is 11.7. The van der Waals surface area contributed by atoms with Crippen molar-refractivity contribution in [2.45, 2.75) is 20.0 Å². The number of nitrogens with zero attached hydrogens (tertiary/aromatic N) is 1. The first-order valence-corrected chi connectivity index (χ1v) is 7.63. The van der Waals surface area contributed by atoms with Gasteiger partial charge in [0.25, 0.3) is 0 Å². The summed E-state index contributed by atoms with van der Waals surface area (Å²) in [5.74, 6) is 0.631. The van der Waals surface area contributed by atoms with E-state index in [9.17, 15) is 4.79 Å². The number of hydrogen-bond acceptors (Lipinski definition) is 4.